The van der Waals surface area contributed by atoms with E-state index in [1.54, 1.807) is 4.88 Å². The Balaban J connectivity index is 1.37. The van der Waals surface area contributed by atoms with E-state index in [0.29, 0.717) is 0 Å². The second kappa shape index (κ2) is 8.83. The molecule has 144 valence electrons. The van der Waals surface area contributed by atoms with Crippen LogP contribution in [0.4, 0.5) is 0 Å². The average Bonchev–Trinajstić information content (AvgIpc) is 3.26. The molecule has 0 N–H and O–H groups in total. The molecule has 2 nitrogen and oxygen atoms in total. The normalized spacial score (nSPS) is 20.4. The van der Waals surface area contributed by atoms with Crippen LogP contribution < -0.4 is 0 Å². The maximum Gasteiger partial charge on any atom is 0.169 e. The number of rotatable bonds is 7. The van der Waals surface area contributed by atoms with Gasteiger partial charge in [0.15, 0.2) is 5.82 Å². The van der Waals surface area contributed by atoms with Gasteiger partial charge in [0, 0.05) is 26.7 Å². The predicted octanol–water partition coefficient (Wildman–Crippen LogP) is 7.52. The lowest BCUT2D eigenvalue weighted by Crippen LogP contribution is -2.14. The summed E-state index contributed by atoms with van der Waals surface area (Å²) < 4.78 is 2.81. The molecule has 0 aliphatic heterocycles. The zero-order valence-corrected chi connectivity index (χ0v) is 18.2. The van der Waals surface area contributed by atoms with Crippen molar-refractivity contribution >= 4 is 32.1 Å². The van der Waals surface area contributed by atoms with E-state index in [4.69, 9.17) is 0 Å². The van der Waals surface area contributed by atoms with Crippen LogP contribution in [-0.2, 0) is 12.8 Å². The Morgan fingerprint density at radius 1 is 0.889 bits per heavy atom. The minimum absolute atomic E-state index is 0.873. The molecule has 0 atom stereocenters. The number of thiophene rings is 2. The smallest absolute Gasteiger partial charge is 0.169 e. The van der Waals surface area contributed by atoms with Gasteiger partial charge in [0.1, 0.15) is 0 Å². The third kappa shape index (κ3) is 4.60. The summed E-state index contributed by atoms with van der Waals surface area (Å²) in [7, 11) is 0. The molecule has 4 rings (SSSR count). The van der Waals surface area contributed by atoms with Crippen LogP contribution in [0.5, 0.6) is 0 Å². The van der Waals surface area contributed by atoms with Crippen LogP contribution in [0.2, 0.25) is 0 Å². The van der Waals surface area contributed by atoms with Crippen molar-refractivity contribution in [3.8, 4) is 10.7 Å². The Labute approximate surface area is 171 Å². The molecule has 27 heavy (non-hydrogen) atoms. The summed E-state index contributed by atoms with van der Waals surface area (Å²) in [4.78, 5) is 11.9. The van der Waals surface area contributed by atoms with Gasteiger partial charge in [0.2, 0.25) is 0 Å². The largest absolute Gasteiger partial charge is 0.236 e. The van der Waals surface area contributed by atoms with E-state index in [0.717, 1.165) is 30.5 Å². The number of hydrogen-bond acceptors (Lipinski definition) is 4. The van der Waals surface area contributed by atoms with Gasteiger partial charge in [-0.05, 0) is 48.8 Å². The molecule has 1 aliphatic rings. The van der Waals surface area contributed by atoms with Gasteiger partial charge in [-0.25, -0.2) is 9.97 Å². The SMILES string of the molecule is CCCc1cnc(-c2cc3sc(CCC4CCC(CC)CC4)cc3s2)nc1. The van der Waals surface area contributed by atoms with E-state index >= 15 is 0 Å². The van der Waals surface area contributed by atoms with Crippen molar-refractivity contribution in [3.05, 3.63) is 35.0 Å². The molecule has 4 heteroatoms. The molecule has 0 spiro atoms. The molecule has 0 amide bonds. The summed E-state index contributed by atoms with van der Waals surface area (Å²) in [5.74, 6) is 2.83. The van der Waals surface area contributed by atoms with E-state index in [2.05, 4.69) is 35.9 Å². The number of aryl methyl sites for hydroxylation is 2. The van der Waals surface area contributed by atoms with Crippen LogP contribution in [0, 0.1) is 11.8 Å². The summed E-state index contributed by atoms with van der Waals surface area (Å²) in [6.45, 7) is 4.54. The van der Waals surface area contributed by atoms with Gasteiger partial charge in [-0.2, -0.15) is 0 Å². The number of nitrogens with zero attached hydrogens (tertiary/aromatic N) is 2. The number of fused-ring (bicyclic) bond motifs is 1. The van der Waals surface area contributed by atoms with E-state index in [1.807, 2.05) is 35.1 Å². The highest BCUT2D eigenvalue weighted by Gasteiger charge is 2.20. The van der Waals surface area contributed by atoms with Gasteiger partial charge in [-0.15, -0.1) is 22.7 Å². The van der Waals surface area contributed by atoms with Crippen LogP contribution in [0.15, 0.2) is 24.5 Å². The highest BCUT2D eigenvalue weighted by atomic mass is 32.1. The van der Waals surface area contributed by atoms with Crippen molar-refractivity contribution < 1.29 is 0 Å². The van der Waals surface area contributed by atoms with Gasteiger partial charge in [-0.3, -0.25) is 0 Å². The molecule has 0 aromatic carbocycles. The maximum atomic E-state index is 4.58. The first-order valence-electron chi connectivity index (χ1n) is 10.6. The number of aromatic nitrogens is 2. The van der Waals surface area contributed by atoms with Crippen LogP contribution in [0.1, 0.15) is 69.2 Å². The molecule has 3 aromatic heterocycles. The minimum atomic E-state index is 0.873. The molecule has 1 aliphatic carbocycles. The van der Waals surface area contributed by atoms with E-state index in [1.165, 1.54) is 64.8 Å². The van der Waals surface area contributed by atoms with Crippen molar-refractivity contribution in [2.45, 2.75) is 71.6 Å². The van der Waals surface area contributed by atoms with Gasteiger partial charge >= 0.3 is 0 Å². The third-order valence-electron chi connectivity index (χ3n) is 6.07. The molecule has 0 saturated heterocycles. The Kier molecular flexibility index (Phi) is 6.24. The number of hydrogen-bond donors (Lipinski definition) is 0. The summed E-state index contributed by atoms with van der Waals surface area (Å²) >= 11 is 3.81. The molecule has 1 fully saturated rings. The fraction of sp³-hybridized carbons (Fsp3) is 0.565. The fourth-order valence-electron chi connectivity index (χ4n) is 4.29. The Bertz CT molecular complexity index is 823. The molecular formula is C23H30N2S2. The maximum absolute atomic E-state index is 4.58. The first-order chi connectivity index (χ1) is 13.2. The molecular weight excluding hydrogens is 368 g/mol. The van der Waals surface area contributed by atoms with Crippen LogP contribution in [0.25, 0.3) is 20.1 Å². The molecule has 0 radical (unpaired) electrons. The second-order valence-corrected chi connectivity index (χ2v) is 10.3. The monoisotopic (exact) mass is 398 g/mol. The molecule has 3 aromatic rings. The van der Waals surface area contributed by atoms with Crippen molar-refractivity contribution in [1.29, 1.82) is 0 Å². The van der Waals surface area contributed by atoms with Gasteiger partial charge in [0.05, 0.1) is 4.88 Å². The second-order valence-electron chi connectivity index (χ2n) is 8.05. The third-order valence-corrected chi connectivity index (χ3v) is 8.41. The fourth-order valence-corrected chi connectivity index (χ4v) is 6.68. The Morgan fingerprint density at radius 3 is 2.26 bits per heavy atom. The zero-order chi connectivity index (χ0) is 18.6. The highest BCUT2D eigenvalue weighted by molar-refractivity contribution is 7.29. The molecule has 0 bridgehead atoms. The Morgan fingerprint density at radius 2 is 1.59 bits per heavy atom. The van der Waals surface area contributed by atoms with Gasteiger partial charge < -0.3 is 0 Å². The summed E-state index contributed by atoms with van der Waals surface area (Å²) in [6.07, 6.45) is 16.0. The molecule has 3 heterocycles. The highest BCUT2D eigenvalue weighted by Crippen LogP contribution is 2.39. The molecule has 1 saturated carbocycles. The lowest BCUT2D eigenvalue weighted by Gasteiger charge is -2.27. The van der Waals surface area contributed by atoms with Crippen molar-refractivity contribution in [2.75, 3.05) is 0 Å². The standard InChI is InChI=1S/C23H30N2S2/c1-3-5-18-14-24-23(25-15-18)22-13-21-20(27-22)12-19(26-21)11-10-17-8-6-16(4-2)7-9-17/h12-17H,3-11H2,1-2H3. The van der Waals surface area contributed by atoms with E-state index in [-0.39, 0.29) is 0 Å². The first-order valence-corrected chi connectivity index (χ1v) is 12.2. The van der Waals surface area contributed by atoms with Crippen molar-refractivity contribution in [3.63, 3.8) is 0 Å². The summed E-state index contributed by atoms with van der Waals surface area (Å²) in [6, 6.07) is 4.70. The van der Waals surface area contributed by atoms with Crippen LogP contribution >= 0.6 is 22.7 Å². The lowest BCUT2D eigenvalue weighted by atomic mass is 9.79. The van der Waals surface area contributed by atoms with Gasteiger partial charge in [0.25, 0.3) is 0 Å². The quantitative estimate of drug-likeness (QED) is 0.411. The van der Waals surface area contributed by atoms with Crippen LogP contribution in [-0.4, -0.2) is 9.97 Å². The topological polar surface area (TPSA) is 25.8 Å². The van der Waals surface area contributed by atoms with Crippen LogP contribution in [0.3, 0.4) is 0 Å². The van der Waals surface area contributed by atoms with Crippen molar-refractivity contribution in [1.82, 2.24) is 9.97 Å². The summed E-state index contributed by atoms with van der Waals surface area (Å²) in [5, 5.41) is 0. The van der Waals surface area contributed by atoms with E-state index in [9.17, 15) is 0 Å². The minimum Gasteiger partial charge on any atom is -0.236 e. The predicted molar refractivity (Wildman–Crippen MR) is 119 cm³/mol. The molecule has 0 unspecified atom stereocenters. The summed E-state index contributed by atoms with van der Waals surface area (Å²) in [5.41, 5.74) is 1.23. The van der Waals surface area contributed by atoms with Crippen molar-refractivity contribution in [2.24, 2.45) is 11.8 Å². The first kappa shape index (κ1) is 19.1. The zero-order valence-electron chi connectivity index (χ0n) is 16.5. The Hall–Kier alpha value is -1.26. The average molecular weight is 399 g/mol. The van der Waals surface area contributed by atoms with E-state index < -0.39 is 0 Å². The van der Waals surface area contributed by atoms with Gasteiger partial charge in [-0.1, -0.05) is 52.4 Å². The lowest BCUT2D eigenvalue weighted by molar-refractivity contribution is 0.259.